The maximum Gasteiger partial charge on any atom is 0.258 e. The minimum atomic E-state index is -0.503. The normalized spacial score (nSPS) is 19.4. The lowest BCUT2D eigenvalue weighted by Crippen LogP contribution is -2.59. The van der Waals surface area contributed by atoms with E-state index in [0.29, 0.717) is 36.7 Å². The molecule has 2 aromatic rings. The minimum absolute atomic E-state index is 0.0838. The summed E-state index contributed by atoms with van der Waals surface area (Å²) in [5.41, 5.74) is 0.465. The van der Waals surface area contributed by atoms with Crippen molar-refractivity contribution in [3.05, 3.63) is 60.2 Å². The van der Waals surface area contributed by atoms with Crippen molar-refractivity contribution in [1.82, 2.24) is 15.5 Å². The number of rotatable bonds is 5. The summed E-state index contributed by atoms with van der Waals surface area (Å²) in [5, 5.41) is 6.22. The third kappa shape index (κ3) is 4.11. The molecule has 27 heavy (non-hydrogen) atoms. The monoisotopic (exact) mass is 365 g/mol. The van der Waals surface area contributed by atoms with Crippen molar-refractivity contribution >= 4 is 11.8 Å². The van der Waals surface area contributed by atoms with E-state index in [4.69, 9.17) is 4.74 Å². The van der Waals surface area contributed by atoms with E-state index in [1.807, 2.05) is 42.5 Å². The Balaban J connectivity index is 1.56. The highest BCUT2D eigenvalue weighted by atomic mass is 16.5. The molecule has 4 rings (SSSR count). The molecule has 2 amide bonds. The first-order valence-corrected chi connectivity index (χ1v) is 9.36. The minimum Gasteiger partial charge on any atom is -0.457 e. The topological polar surface area (TPSA) is 70.7 Å². The van der Waals surface area contributed by atoms with Crippen LogP contribution in [-0.2, 0) is 4.79 Å². The second-order valence-electron chi connectivity index (χ2n) is 6.91. The smallest absolute Gasteiger partial charge is 0.258 e. The van der Waals surface area contributed by atoms with Gasteiger partial charge in [0.1, 0.15) is 17.5 Å². The number of nitrogens with one attached hydrogen (secondary N) is 2. The second-order valence-corrected chi connectivity index (χ2v) is 6.91. The Hall–Kier alpha value is -2.86. The number of carbonyl (C=O) groups excluding carboxylic acids is 2. The lowest BCUT2D eigenvalue weighted by molar-refractivity contribution is -0.126. The van der Waals surface area contributed by atoms with Gasteiger partial charge in [-0.2, -0.15) is 0 Å². The molecule has 1 aliphatic carbocycles. The standard InChI is InChI=1S/C21H23N3O3/c25-20(23-15-10-11-15)18-14-22-12-13-24(18)21(26)17-8-4-5-9-19(17)27-16-6-2-1-3-7-16/h1-9,15,18,22H,10-14H2,(H,23,25). The third-order valence-electron chi connectivity index (χ3n) is 4.82. The van der Waals surface area contributed by atoms with Gasteiger partial charge in [-0.15, -0.1) is 0 Å². The lowest BCUT2D eigenvalue weighted by Gasteiger charge is -2.35. The summed E-state index contributed by atoms with van der Waals surface area (Å²) in [6.07, 6.45) is 2.04. The summed E-state index contributed by atoms with van der Waals surface area (Å²) < 4.78 is 5.93. The quantitative estimate of drug-likeness (QED) is 0.852. The molecule has 1 unspecified atom stereocenters. The van der Waals surface area contributed by atoms with E-state index in [1.165, 1.54) is 0 Å². The molecule has 2 fully saturated rings. The number of nitrogens with zero attached hydrogens (tertiary/aromatic N) is 1. The van der Waals surface area contributed by atoms with Crippen molar-refractivity contribution in [3.8, 4) is 11.5 Å². The van der Waals surface area contributed by atoms with Crippen LogP contribution in [0.15, 0.2) is 54.6 Å². The predicted octanol–water partition coefficient (Wildman–Crippen LogP) is 2.17. The highest BCUT2D eigenvalue weighted by Gasteiger charge is 2.36. The van der Waals surface area contributed by atoms with E-state index in [2.05, 4.69) is 10.6 Å². The number of para-hydroxylation sites is 2. The van der Waals surface area contributed by atoms with Crippen molar-refractivity contribution < 1.29 is 14.3 Å². The molecule has 1 saturated heterocycles. The van der Waals surface area contributed by atoms with E-state index in [1.54, 1.807) is 17.0 Å². The highest BCUT2D eigenvalue weighted by Crippen LogP contribution is 2.27. The Morgan fingerprint density at radius 2 is 1.78 bits per heavy atom. The van der Waals surface area contributed by atoms with Crippen molar-refractivity contribution in [2.24, 2.45) is 0 Å². The molecule has 1 saturated carbocycles. The fourth-order valence-electron chi connectivity index (χ4n) is 3.21. The molecule has 0 bridgehead atoms. The van der Waals surface area contributed by atoms with E-state index >= 15 is 0 Å². The molecule has 140 valence electrons. The average molecular weight is 365 g/mol. The number of hydrogen-bond donors (Lipinski definition) is 2. The van der Waals surface area contributed by atoms with E-state index in [0.717, 1.165) is 12.8 Å². The second kappa shape index (κ2) is 7.80. The van der Waals surface area contributed by atoms with Crippen molar-refractivity contribution in [2.75, 3.05) is 19.6 Å². The fraction of sp³-hybridized carbons (Fsp3) is 0.333. The van der Waals surface area contributed by atoms with Crippen LogP contribution < -0.4 is 15.4 Å². The SMILES string of the molecule is O=C(NC1CC1)C1CNCCN1C(=O)c1ccccc1Oc1ccccc1. The van der Waals surface area contributed by atoms with Crippen LogP contribution in [-0.4, -0.2) is 48.4 Å². The predicted molar refractivity (Wildman–Crippen MR) is 102 cm³/mol. The summed E-state index contributed by atoms with van der Waals surface area (Å²) in [7, 11) is 0. The number of ether oxygens (including phenoxy) is 1. The largest absolute Gasteiger partial charge is 0.457 e. The Kier molecular flexibility index (Phi) is 5.07. The molecule has 6 heteroatoms. The zero-order valence-electron chi connectivity index (χ0n) is 15.1. The summed E-state index contributed by atoms with van der Waals surface area (Å²) in [5.74, 6) is 0.896. The molecule has 2 N–H and O–H groups in total. The molecule has 0 radical (unpaired) electrons. The van der Waals surface area contributed by atoms with Crippen molar-refractivity contribution in [3.63, 3.8) is 0 Å². The Labute approximate surface area is 158 Å². The van der Waals surface area contributed by atoms with Crippen LogP contribution >= 0.6 is 0 Å². The number of benzene rings is 2. The van der Waals surface area contributed by atoms with Gasteiger partial charge in [0.05, 0.1) is 5.56 Å². The van der Waals surface area contributed by atoms with E-state index in [9.17, 15) is 9.59 Å². The lowest BCUT2D eigenvalue weighted by atomic mass is 10.1. The highest BCUT2D eigenvalue weighted by molar-refractivity contribution is 6.00. The maximum absolute atomic E-state index is 13.3. The first-order chi connectivity index (χ1) is 13.2. The van der Waals surface area contributed by atoms with Gasteiger partial charge in [-0.25, -0.2) is 0 Å². The van der Waals surface area contributed by atoms with Crippen LogP contribution in [0.3, 0.4) is 0 Å². The van der Waals surface area contributed by atoms with Gasteiger partial charge in [-0.1, -0.05) is 30.3 Å². The third-order valence-corrected chi connectivity index (χ3v) is 4.82. The van der Waals surface area contributed by atoms with E-state index in [-0.39, 0.29) is 17.9 Å². The van der Waals surface area contributed by atoms with Crippen LogP contribution in [0.25, 0.3) is 0 Å². The van der Waals surface area contributed by atoms with Gasteiger partial charge >= 0.3 is 0 Å². The molecular formula is C21H23N3O3. The average Bonchev–Trinajstić information content (AvgIpc) is 3.53. The molecular weight excluding hydrogens is 342 g/mol. The van der Waals surface area contributed by atoms with Gasteiger partial charge in [-0.05, 0) is 37.1 Å². The Morgan fingerprint density at radius 1 is 1.04 bits per heavy atom. The van der Waals surface area contributed by atoms with Crippen LogP contribution in [0.4, 0.5) is 0 Å². The van der Waals surface area contributed by atoms with Gasteiger partial charge in [0, 0.05) is 25.7 Å². The zero-order chi connectivity index (χ0) is 18.6. The van der Waals surface area contributed by atoms with Gasteiger partial charge in [0.15, 0.2) is 0 Å². The fourth-order valence-corrected chi connectivity index (χ4v) is 3.21. The van der Waals surface area contributed by atoms with Crippen LogP contribution in [0.5, 0.6) is 11.5 Å². The summed E-state index contributed by atoms with van der Waals surface area (Å²) >= 11 is 0. The number of carbonyl (C=O) groups is 2. The molecule has 6 nitrogen and oxygen atoms in total. The maximum atomic E-state index is 13.3. The Morgan fingerprint density at radius 3 is 2.56 bits per heavy atom. The van der Waals surface area contributed by atoms with Gasteiger partial charge in [0.25, 0.3) is 5.91 Å². The van der Waals surface area contributed by atoms with Crippen LogP contribution in [0.2, 0.25) is 0 Å². The van der Waals surface area contributed by atoms with Crippen LogP contribution in [0, 0.1) is 0 Å². The van der Waals surface area contributed by atoms with Crippen LogP contribution in [0.1, 0.15) is 23.2 Å². The molecule has 2 aliphatic rings. The first kappa shape index (κ1) is 17.5. The van der Waals surface area contributed by atoms with Crippen molar-refractivity contribution in [2.45, 2.75) is 24.9 Å². The molecule has 1 heterocycles. The molecule has 0 spiro atoms. The van der Waals surface area contributed by atoms with E-state index < -0.39 is 6.04 Å². The molecule has 1 aliphatic heterocycles. The number of hydrogen-bond acceptors (Lipinski definition) is 4. The number of amides is 2. The number of piperazine rings is 1. The van der Waals surface area contributed by atoms with Gasteiger partial charge < -0.3 is 20.3 Å². The molecule has 1 atom stereocenters. The van der Waals surface area contributed by atoms with Gasteiger partial charge in [0.2, 0.25) is 5.91 Å². The van der Waals surface area contributed by atoms with Crippen molar-refractivity contribution in [1.29, 1.82) is 0 Å². The summed E-state index contributed by atoms with van der Waals surface area (Å²) in [4.78, 5) is 27.5. The molecule has 2 aromatic carbocycles. The molecule has 0 aromatic heterocycles. The summed E-state index contributed by atoms with van der Waals surface area (Å²) in [6.45, 7) is 1.62. The first-order valence-electron chi connectivity index (χ1n) is 9.36. The Bertz CT molecular complexity index is 820. The van der Waals surface area contributed by atoms with Gasteiger partial charge in [-0.3, -0.25) is 9.59 Å². The summed E-state index contributed by atoms with van der Waals surface area (Å²) in [6, 6.07) is 16.3. The zero-order valence-corrected chi connectivity index (χ0v) is 15.1.